The number of ether oxygens (including phenoxy) is 1. The number of carbonyl (C=O) groups excluding carboxylic acids is 1. The van der Waals surface area contributed by atoms with Gasteiger partial charge in [-0.05, 0) is 68.3 Å². The third-order valence-corrected chi connectivity index (χ3v) is 8.97. The number of aromatic nitrogens is 1. The summed E-state index contributed by atoms with van der Waals surface area (Å²) in [4.78, 5) is 17.3. The quantitative estimate of drug-likeness (QED) is 0.270. The van der Waals surface area contributed by atoms with Gasteiger partial charge >= 0.3 is 6.09 Å². The monoisotopic (exact) mass is 666 g/mol. The van der Waals surface area contributed by atoms with Gasteiger partial charge in [-0.2, -0.15) is 0 Å². The summed E-state index contributed by atoms with van der Waals surface area (Å²) in [6, 6.07) is 3.20. The molecule has 1 amide bonds. The van der Waals surface area contributed by atoms with Gasteiger partial charge in [0.1, 0.15) is 17.2 Å². The lowest BCUT2D eigenvalue weighted by atomic mass is 10.1. The van der Waals surface area contributed by atoms with Gasteiger partial charge in [0.25, 0.3) is 10.0 Å². The number of rotatable bonds is 7. The maximum absolute atomic E-state index is 15.7. The average molecular weight is 668 g/mol. The van der Waals surface area contributed by atoms with Gasteiger partial charge in [-0.1, -0.05) is 11.6 Å². The summed E-state index contributed by atoms with van der Waals surface area (Å²) < 4.78 is 77.7. The van der Waals surface area contributed by atoms with Crippen LogP contribution in [-0.2, 0) is 21.3 Å². The van der Waals surface area contributed by atoms with Crippen molar-refractivity contribution in [3.8, 4) is 0 Å². The zero-order valence-corrected chi connectivity index (χ0v) is 24.9. The standard InChI is InChI=1S/C24H23BrClF3N4O4S2/c1-24(2,3)37-23(34)33(18-11-38-12-30-18)39(35,36)22-16(28)9-17(19(25)20(22)29)31-21-13(10-32-7-4-8-32)15(27)6-5-14(21)26/h5-6,9,11-12,31H,4,7-8,10H2,1-3H3. The molecule has 4 rings (SSSR count). The van der Waals surface area contributed by atoms with Gasteiger partial charge in [0.15, 0.2) is 16.5 Å². The van der Waals surface area contributed by atoms with Gasteiger partial charge in [-0.25, -0.2) is 31.4 Å². The molecule has 210 valence electrons. The number of nitrogens with zero attached hydrogens (tertiary/aromatic N) is 3. The first kappa shape index (κ1) is 29.6. The van der Waals surface area contributed by atoms with E-state index in [-0.39, 0.29) is 32.8 Å². The van der Waals surface area contributed by atoms with E-state index < -0.39 is 54.4 Å². The summed E-state index contributed by atoms with van der Waals surface area (Å²) in [7, 11) is -5.20. The maximum Gasteiger partial charge on any atom is 0.430 e. The molecule has 0 spiro atoms. The molecule has 1 aromatic heterocycles. The van der Waals surface area contributed by atoms with Crippen LogP contribution in [0.1, 0.15) is 32.8 Å². The van der Waals surface area contributed by atoms with Gasteiger partial charge in [0.05, 0.1) is 26.4 Å². The minimum absolute atomic E-state index is 0.0801. The van der Waals surface area contributed by atoms with Crippen LogP contribution in [0, 0.1) is 17.5 Å². The Bertz CT molecular complexity index is 1510. The van der Waals surface area contributed by atoms with E-state index >= 15 is 8.78 Å². The van der Waals surface area contributed by atoms with Crippen molar-refractivity contribution in [2.24, 2.45) is 0 Å². The lowest BCUT2D eigenvalue weighted by molar-refractivity contribution is 0.0608. The zero-order valence-electron chi connectivity index (χ0n) is 20.9. The van der Waals surface area contributed by atoms with Gasteiger partial charge in [0.2, 0.25) is 0 Å². The number of hydrogen-bond donors (Lipinski definition) is 1. The molecule has 2 heterocycles. The number of anilines is 3. The Hall–Kier alpha value is -2.39. The molecule has 0 radical (unpaired) electrons. The van der Waals surface area contributed by atoms with E-state index in [4.69, 9.17) is 16.3 Å². The molecule has 1 saturated heterocycles. The van der Waals surface area contributed by atoms with Crippen molar-refractivity contribution in [1.82, 2.24) is 9.88 Å². The number of benzene rings is 2. The Kier molecular flexibility index (Phi) is 8.53. The molecule has 8 nitrogen and oxygen atoms in total. The van der Waals surface area contributed by atoms with Crippen LogP contribution in [0.2, 0.25) is 5.02 Å². The van der Waals surface area contributed by atoms with E-state index in [0.717, 1.165) is 30.8 Å². The van der Waals surface area contributed by atoms with Gasteiger partial charge < -0.3 is 10.1 Å². The van der Waals surface area contributed by atoms with E-state index in [1.165, 1.54) is 43.8 Å². The fourth-order valence-electron chi connectivity index (χ4n) is 3.70. The SMILES string of the molecule is CC(C)(C)OC(=O)N(c1cscn1)S(=O)(=O)c1c(F)cc(Nc2c(Cl)ccc(F)c2CN2CCC2)c(Br)c1F. The molecule has 1 fully saturated rings. The van der Waals surface area contributed by atoms with Crippen molar-refractivity contribution in [3.63, 3.8) is 0 Å². The van der Waals surface area contributed by atoms with Crippen LogP contribution >= 0.6 is 38.9 Å². The third-order valence-electron chi connectivity index (χ3n) is 5.60. The molecule has 0 bridgehead atoms. The predicted molar refractivity (Wildman–Crippen MR) is 147 cm³/mol. The van der Waals surface area contributed by atoms with Crippen LogP contribution in [-0.4, -0.2) is 43.1 Å². The second-order valence-corrected chi connectivity index (χ2v) is 13.2. The minimum Gasteiger partial charge on any atom is -0.443 e. The van der Waals surface area contributed by atoms with Crippen molar-refractivity contribution in [3.05, 3.63) is 61.6 Å². The lowest BCUT2D eigenvalue weighted by Crippen LogP contribution is -2.41. The van der Waals surface area contributed by atoms with Crippen LogP contribution in [0.15, 0.2) is 38.5 Å². The van der Waals surface area contributed by atoms with Crippen molar-refractivity contribution in [2.45, 2.75) is 44.2 Å². The van der Waals surface area contributed by atoms with Gasteiger partial charge in [-0.15, -0.1) is 15.6 Å². The van der Waals surface area contributed by atoms with E-state index in [1.807, 2.05) is 4.90 Å². The average Bonchev–Trinajstić information content (AvgIpc) is 3.30. The van der Waals surface area contributed by atoms with E-state index in [1.54, 1.807) is 0 Å². The Morgan fingerprint density at radius 2 is 1.95 bits per heavy atom. The van der Waals surface area contributed by atoms with E-state index in [2.05, 4.69) is 26.2 Å². The number of hydrogen-bond acceptors (Lipinski definition) is 8. The third kappa shape index (κ3) is 6.19. The van der Waals surface area contributed by atoms with Crippen LogP contribution < -0.4 is 9.62 Å². The number of nitrogens with one attached hydrogen (secondary N) is 1. The molecule has 1 aliphatic rings. The smallest absolute Gasteiger partial charge is 0.430 e. The van der Waals surface area contributed by atoms with Crippen molar-refractivity contribution >= 4 is 72.2 Å². The Morgan fingerprint density at radius 3 is 2.51 bits per heavy atom. The first-order chi connectivity index (χ1) is 18.2. The molecule has 2 aromatic carbocycles. The fraction of sp³-hybridized carbons (Fsp3) is 0.333. The molecular formula is C24H23BrClF3N4O4S2. The molecule has 0 aliphatic carbocycles. The number of amides is 1. The van der Waals surface area contributed by atoms with Crippen LogP contribution in [0.25, 0.3) is 0 Å². The summed E-state index contributed by atoms with van der Waals surface area (Å²) >= 11 is 10.3. The topological polar surface area (TPSA) is 91.8 Å². The van der Waals surface area contributed by atoms with E-state index in [9.17, 15) is 17.6 Å². The molecule has 3 aromatic rings. The van der Waals surface area contributed by atoms with Gasteiger partial charge in [-0.3, -0.25) is 4.90 Å². The lowest BCUT2D eigenvalue weighted by Gasteiger charge is -2.31. The second kappa shape index (κ2) is 11.2. The Labute approximate surface area is 240 Å². The highest BCUT2D eigenvalue weighted by Gasteiger charge is 2.40. The number of likely N-dealkylation sites (tertiary alicyclic amines) is 1. The van der Waals surface area contributed by atoms with Crippen LogP contribution in [0.5, 0.6) is 0 Å². The normalized spacial score (nSPS) is 14.2. The highest BCUT2D eigenvalue weighted by molar-refractivity contribution is 9.10. The Morgan fingerprint density at radius 1 is 1.26 bits per heavy atom. The fourth-order valence-corrected chi connectivity index (χ4v) is 6.45. The first-order valence-corrected chi connectivity index (χ1v) is 15.1. The second-order valence-electron chi connectivity index (χ2n) is 9.60. The van der Waals surface area contributed by atoms with Crippen LogP contribution in [0.4, 0.5) is 35.2 Å². The molecule has 15 heteroatoms. The Balaban J connectivity index is 1.78. The summed E-state index contributed by atoms with van der Waals surface area (Å²) in [5, 5.41) is 4.05. The van der Waals surface area contributed by atoms with Gasteiger partial charge in [0, 0.05) is 23.6 Å². The molecule has 1 N–H and O–H groups in total. The van der Waals surface area contributed by atoms with Crippen LogP contribution in [0.3, 0.4) is 0 Å². The molecule has 39 heavy (non-hydrogen) atoms. The minimum atomic E-state index is -5.20. The highest BCUT2D eigenvalue weighted by Crippen LogP contribution is 2.40. The number of halogens is 5. The predicted octanol–water partition coefficient (Wildman–Crippen LogP) is 7.06. The number of thiazole rings is 1. The van der Waals surface area contributed by atoms with Crippen molar-refractivity contribution < 1.29 is 31.1 Å². The van der Waals surface area contributed by atoms with E-state index in [0.29, 0.717) is 6.07 Å². The summed E-state index contributed by atoms with van der Waals surface area (Å²) in [6.07, 6.45) is -0.433. The molecule has 1 aliphatic heterocycles. The first-order valence-electron chi connectivity index (χ1n) is 11.5. The summed E-state index contributed by atoms with van der Waals surface area (Å²) in [6.45, 7) is 6.24. The molecular weight excluding hydrogens is 645 g/mol. The zero-order chi connectivity index (χ0) is 28.7. The molecule has 0 saturated carbocycles. The van der Waals surface area contributed by atoms with Crippen molar-refractivity contribution in [1.29, 1.82) is 0 Å². The highest BCUT2D eigenvalue weighted by atomic mass is 79.9. The molecule has 0 unspecified atom stereocenters. The maximum atomic E-state index is 15.7. The molecule has 0 atom stereocenters. The summed E-state index contributed by atoms with van der Waals surface area (Å²) in [5.74, 6) is -4.01. The largest absolute Gasteiger partial charge is 0.443 e. The summed E-state index contributed by atoms with van der Waals surface area (Å²) in [5.41, 5.74) is 0.143. The number of carbonyl (C=O) groups is 1. The van der Waals surface area contributed by atoms with Crippen molar-refractivity contribution in [2.75, 3.05) is 22.7 Å². The number of sulfonamides is 1.